The Morgan fingerprint density at radius 2 is 2.15 bits per heavy atom. The van der Waals surface area contributed by atoms with Gasteiger partial charge in [-0.25, -0.2) is 9.97 Å². The largest absolute Gasteiger partial charge is 0.382 e. The lowest BCUT2D eigenvalue weighted by Crippen LogP contribution is -1.93. The SMILES string of the molecule is CSc1ccc2ccnc(N)c2n1. The summed E-state index contributed by atoms with van der Waals surface area (Å²) in [6.07, 6.45) is 3.68. The normalized spacial score (nSPS) is 10.5. The van der Waals surface area contributed by atoms with Crippen LogP contribution in [0.15, 0.2) is 29.4 Å². The summed E-state index contributed by atoms with van der Waals surface area (Å²) in [5.74, 6) is 0.494. The number of nitrogen functional groups attached to an aromatic ring is 1. The van der Waals surface area contributed by atoms with Gasteiger partial charge in [0.2, 0.25) is 0 Å². The van der Waals surface area contributed by atoms with Crippen molar-refractivity contribution in [1.29, 1.82) is 0 Å². The van der Waals surface area contributed by atoms with Gasteiger partial charge in [0.05, 0.1) is 5.03 Å². The van der Waals surface area contributed by atoms with Gasteiger partial charge < -0.3 is 5.73 Å². The van der Waals surface area contributed by atoms with Gasteiger partial charge in [-0.05, 0) is 24.5 Å². The monoisotopic (exact) mass is 191 g/mol. The Hall–Kier alpha value is -1.29. The summed E-state index contributed by atoms with van der Waals surface area (Å²) in [5.41, 5.74) is 6.48. The zero-order valence-corrected chi connectivity index (χ0v) is 8.01. The molecular formula is C9H9N3S. The van der Waals surface area contributed by atoms with Gasteiger partial charge in [0.1, 0.15) is 11.3 Å². The average Bonchev–Trinajstić information content (AvgIpc) is 2.18. The fourth-order valence-corrected chi connectivity index (χ4v) is 1.55. The fourth-order valence-electron chi connectivity index (χ4n) is 1.16. The molecule has 2 aromatic rings. The summed E-state index contributed by atoms with van der Waals surface area (Å²) in [4.78, 5) is 8.36. The lowest BCUT2D eigenvalue weighted by Gasteiger charge is -2.01. The molecule has 0 aliphatic rings. The smallest absolute Gasteiger partial charge is 0.149 e. The molecule has 0 atom stereocenters. The highest BCUT2D eigenvalue weighted by molar-refractivity contribution is 7.98. The maximum Gasteiger partial charge on any atom is 0.149 e. The van der Waals surface area contributed by atoms with Gasteiger partial charge in [0.25, 0.3) is 0 Å². The highest BCUT2D eigenvalue weighted by Crippen LogP contribution is 2.20. The van der Waals surface area contributed by atoms with Gasteiger partial charge in [-0.2, -0.15) is 0 Å². The maximum absolute atomic E-state index is 5.70. The van der Waals surface area contributed by atoms with Gasteiger partial charge in [-0.3, -0.25) is 0 Å². The second-order valence-corrected chi connectivity index (χ2v) is 3.45. The molecule has 3 nitrogen and oxygen atoms in total. The first-order chi connectivity index (χ1) is 6.31. The van der Waals surface area contributed by atoms with Crippen LogP contribution in [0.5, 0.6) is 0 Å². The fraction of sp³-hybridized carbons (Fsp3) is 0.111. The Bertz CT molecular complexity index is 442. The van der Waals surface area contributed by atoms with Crippen LogP contribution in [0.2, 0.25) is 0 Å². The zero-order valence-electron chi connectivity index (χ0n) is 7.19. The third-order valence-electron chi connectivity index (χ3n) is 1.82. The van der Waals surface area contributed by atoms with E-state index in [-0.39, 0.29) is 0 Å². The molecule has 0 unspecified atom stereocenters. The molecule has 0 aliphatic carbocycles. The van der Waals surface area contributed by atoms with Crippen LogP contribution in [0.4, 0.5) is 5.82 Å². The second kappa shape index (κ2) is 3.22. The van der Waals surface area contributed by atoms with Crippen molar-refractivity contribution in [2.45, 2.75) is 5.03 Å². The molecule has 0 spiro atoms. The predicted molar refractivity (Wildman–Crippen MR) is 55.7 cm³/mol. The van der Waals surface area contributed by atoms with Crippen LogP contribution in [-0.4, -0.2) is 16.2 Å². The molecule has 66 valence electrons. The number of hydrogen-bond donors (Lipinski definition) is 1. The van der Waals surface area contributed by atoms with Crippen molar-refractivity contribution in [3.63, 3.8) is 0 Å². The number of hydrogen-bond acceptors (Lipinski definition) is 4. The van der Waals surface area contributed by atoms with Gasteiger partial charge in [-0.15, -0.1) is 11.8 Å². The summed E-state index contributed by atoms with van der Waals surface area (Å²) < 4.78 is 0. The summed E-state index contributed by atoms with van der Waals surface area (Å²) in [5, 5.41) is 2.00. The van der Waals surface area contributed by atoms with E-state index in [1.54, 1.807) is 18.0 Å². The number of nitrogens with zero attached hydrogens (tertiary/aromatic N) is 2. The van der Waals surface area contributed by atoms with Crippen molar-refractivity contribution in [2.24, 2.45) is 0 Å². The molecule has 0 saturated carbocycles. The first kappa shape index (κ1) is 8.31. The lowest BCUT2D eigenvalue weighted by atomic mass is 10.2. The Balaban J connectivity index is 2.74. The topological polar surface area (TPSA) is 51.8 Å². The lowest BCUT2D eigenvalue weighted by molar-refractivity contribution is 1.18. The molecule has 2 rings (SSSR count). The molecule has 2 aromatic heterocycles. The van der Waals surface area contributed by atoms with E-state index < -0.39 is 0 Å². The molecule has 0 bridgehead atoms. The summed E-state index contributed by atoms with van der Waals surface area (Å²) in [6, 6.07) is 5.89. The molecule has 0 saturated heterocycles. The highest BCUT2D eigenvalue weighted by Gasteiger charge is 2.00. The third kappa shape index (κ3) is 1.45. The van der Waals surface area contributed by atoms with Crippen LogP contribution in [0, 0.1) is 0 Å². The minimum Gasteiger partial charge on any atom is -0.382 e. The molecule has 2 N–H and O–H groups in total. The minimum absolute atomic E-state index is 0.494. The molecule has 0 aliphatic heterocycles. The Kier molecular flexibility index (Phi) is 2.06. The van der Waals surface area contributed by atoms with Crippen LogP contribution in [0.1, 0.15) is 0 Å². The molecule has 0 radical (unpaired) electrons. The minimum atomic E-state index is 0.494. The molecular weight excluding hydrogens is 182 g/mol. The molecule has 0 fully saturated rings. The quantitative estimate of drug-likeness (QED) is 0.700. The van der Waals surface area contributed by atoms with E-state index in [0.717, 1.165) is 15.9 Å². The third-order valence-corrected chi connectivity index (χ3v) is 2.47. The van der Waals surface area contributed by atoms with E-state index in [0.29, 0.717) is 5.82 Å². The van der Waals surface area contributed by atoms with E-state index in [4.69, 9.17) is 5.73 Å². The Labute approximate surface area is 80.4 Å². The van der Waals surface area contributed by atoms with Crippen molar-refractivity contribution in [3.05, 3.63) is 24.4 Å². The zero-order chi connectivity index (χ0) is 9.26. The van der Waals surface area contributed by atoms with Gasteiger partial charge in [0.15, 0.2) is 0 Å². The predicted octanol–water partition coefficient (Wildman–Crippen LogP) is 1.93. The number of nitrogens with two attached hydrogens (primary N) is 1. The molecule has 13 heavy (non-hydrogen) atoms. The van der Waals surface area contributed by atoms with Crippen LogP contribution < -0.4 is 5.73 Å². The summed E-state index contributed by atoms with van der Waals surface area (Å²) in [6.45, 7) is 0. The molecule has 0 aromatic carbocycles. The Morgan fingerprint density at radius 1 is 1.31 bits per heavy atom. The van der Waals surface area contributed by atoms with E-state index in [1.165, 1.54) is 0 Å². The molecule has 0 amide bonds. The molecule has 4 heteroatoms. The number of pyridine rings is 2. The first-order valence-corrected chi connectivity index (χ1v) is 5.09. The number of anilines is 1. The van der Waals surface area contributed by atoms with E-state index in [9.17, 15) is 0 Å². The van der Waals surface area contributed by atoms with Gasteiger partial charge in [-0.1, -0.05) is 0 Å². The first-order valence-electron chi connectivity index (χ1n) is 3.86. The van der Waals surface area contributed by atoms with Gasteiger partial charge in [0, 0.05) is 11.6 Å². The van der Waals surface area contributed by atoms with Crippen LogP contribution in [0.25, 0.3) is 10.9 Å². The number of rotatable bonds is 1. The maximum atomic E-state index is 5.70. The average molecular weight is 191 g/mol. The highest BCUT2D eigenvalue weighted by atomic mass is 32.2. The van der Waals surface area contributed by atoms with Crippen LogP contribution >= 0.6 is 11.8 Å². The van der Waals surface area contributed by atoms with Crippen molar-refractivity contribution >= 4 is 28.5 Å². The van der Waals surface area contributed by atoms with E-state index >= 15 is 0 Å². The van der Waals surface area contributed by atoms with Crippen LogP contribution in [0.3, 0.4) is 0 Å². The molecule has 2 heterocycles. The summed E-state index contributed by atoms with van der Waals surface area (Å²) in [7, 11) is 0. The second-order valence-electron chi connectivity index (χ2n) is 2.62. The standard InChI is InChI=1S/C9H9N3S/c1-13-7-3-2-6-4-5-11-9(10)8(6)12-7/h2-5H,1H3,(H2,10,11). The number of thioether (sulfide) groups is 1. The van der Waals surface area contributed by atoms with E-state index in [2.05, 4.69) is 9.97 Å². The summed E-state index contributed by atoms with van der Waals surface area (Å²) >= 11 is 1.60. The van der Waals surface area contributed by atoms with Crippen molar-refractivity contribution in [2.75, 3.05) is 12.0 Å². The van der Waals surface area contributed by atoms with Crippen molar-refractivity contribution in [1.82, 2.24) is 9.97 Å². The van der Waals surface area contributed by atoms with E-state index in [1.807, 2.05) is 24.5 Å². The van der Waals surface area contributed by atoms with Crippen molar-refractivity contribution in [3.8, 4) is 0 Å². The van der Waals surface area contributed by atoms with Gasteiger partial charge >= 0.3 is 0 Å². The van der Waals surface area contributed by atoms with Crippen LogP contribution in [-0.2, 0) is 0 Å². The number of fused-ring (bicyclic) bond motifs is 1. The number of aromatic nitrogens is 2. The van der Waals surface area contributed by atoms with Crippen molar-refractivity contribution < 1.29 is 0 Å². The Morgan fingerprint density at radius 3 is 2.92 bits per heavy atom.